The van der Waals surface area contributed by atoms with Gasteiger partial charge in [0.15, 0.2) is 0 Å². The molecule has 1 aliphatic heterocycles. The quantitative estimate of drug-likeness (QED) is 0.622. The molecule has 1 aliphatic carbocycles. The molecule has 0 bridgehead atoms. The Morgan fingerprint density at radius 1 is 1.44 bits per heavy atom. The Kier molecular flexibility index (Phi) is 4.77. The number of fused-ring (bicyclic) bond motifs is 1. The second-order valence-electron chi connectivity index (χ2n) is 8.52. The molecule has 3 heterocycles. The third kappa shape index (κ3) is 3.17. The molecular weight excluding hydrogens is 422 g/mol. The molecule has 32 heavy (non-hydrogen) atoms. The molecule has 5 rings (SSSR count). The van der Waals surface area contributed by atoms with E-state index in [4.69, 9.17) is 10.2 Å². The Labute approximate surface area is 181 Å². The summed E-state index contributed by atoms with van der Waals surface area (Å²) in [5.41, 5.74) is 6.15. The van der Waals surface area contributed by atoms with Crippen molar-refractivity contribution in [1.82, 2.24) is 9.55 Å². The number of alkyl halides is 1. The third-order valence-corrected chi connectivity index (χ3v) is 6.53. The monoisotopic (exact) mass is 444 g/mol. The maximum absolute atomic E-state index is 15.3. The van der Waals surface area contributed by atoms with Crippen molar-refractivity contribution in [1.29, 1.82) is 0 Å². The van der Waals surface area contributed by atoms with Crippen LogP contribution in [-0.2, 0) is 0 Å². The van der Waals surface area contributed by atoms with Crippen LogP contribution in [-0.4, -0.2) is 39.9 Å². The summed E-state index contributed by atoms with van der Waals surface area (Å²) < 4.78 is 36.0. The van der Waals surface area contributed by atoms with Crippen molar-refractivity contribution in [3.05, 3.63) is 57.8 Å². The molecular formula is C22H22F2N4O4. The minimum atomic E-state index is -1.42. The molecule has 4 atom stereocenters. The number of nitrogens with zero attached hydrogens (tertiary/aromatic N) is 3. The lowest BCUT2D eigenvalue weighted by atomic mass is 10.00. The number of carboxylic acid groups (broad SMARTS) is 1. The highest BCUT2D eigenvalue weighted by atomic mass is 19.1. The van der Waals surface area contributed by atoms with Crippen LogP contribution in [0.5, 0.6) is 0 Å². The van der Waals surface area contributed by atoms with Gasteiger partial charge in [-0.3, -0.25) is 4.79 Å². The molecule has 1 saturated heterocycles. The summed E-state index contributed by atoms with van der Waals surface area (Å²) in [6.45, 7) is 2.67. The van der Waals surface area contributed by atoms with Gasteiger partial charge >= 0.3 is 5.97 Å². The zero-order valence-electron chi connectivity index (χ0n) is 17.3. The van der Waals surface area contributed by atoms with Gasteiger partial charge in [0.1, 0.15) is 23.8 Å². The highest BCUT2D eigenvalue weighted by molar-refractivity contribution is 5.95. The number of oxazole rings is 1. The average molecular weight is 444 g/mol. The molecule has 0 amide bonds. The van der Waals surface area contributed by atoms with Gasteiger partial charge in [-0.15, -0.1) is 0 Å². The number of anilines is 1. The summed E-state index contributed by atoms with van der Waals surface area (Å²) in [6.07, 6.45) is 3.94. The van der Waals surface area contributed by atoms with Crippen LogP contribution in [0.4, 0.5) is 14.5 Å². The number of rotatable bonds is 5. The van der Waals surface area contributed by atoms with E-state index in [0.717, 1.165) is 6.07 Å². The molecule has 3 aromatic rings. The van der Waals surface area contributed by atoms with Gasteiger partial charge in [0.25, 0.3) is 0 Å². The Morgan fingerprint density at radius 3 is 2.81 bits per heavy atom. The second kappa shape index (κ2) is 7.40. The van der Waals surface area contributed by atoms with Crippen molar-refractivity contribution in [2.75, 3.05) is 18.0 Å². The Bertz CT molecular complexity index is 1270. The zero-order chi connectivity index (χ0) is 22.7. The van der Waals surface area contributed by atoms with E-state index >= 15 is 4.39 Å². The second-order valence-corrected chi connectivity index (χ2v) is 8.52. The van der Waals surface area contributed by atoms with E-state index in [1.165, 1.54) is 23.2 Å². The number of carbonyl (C=O) groups is 1. The predicted molar refractivity (Wildman–Crippen MR) is 112 cm³/mol. The van der Waals surface area contributed by atoms with Gasteiger partial charge in [0.2, 0.25) is 11.3 Å². The molecule has 10 heteroatoms. The summed E-state index contributed by atoms with van der Waals surface area (Å²) in [4.78, 5) is 30.3. The fourth-order valence-electron chi connectivity index (χ4n) is 4.80. The van der Waals surface area contributed by atoms with E-state index in [9.17, 15) is 19.1 Å². The molecule has 2 aliphatic rings. The van der Waals surface area contributed by atoms with Crippen molar-refractivity contribution in [2.24, 2.45) is 11.7 Å². The first-order chi connectivity index (χ1) is 15.3. The number of halogens is 2. The smallest absolute Gasteiger partial charge is 0.341 e. The average Bonchev–Trinajstić information content (AvgIpc) is 3.16. The minimum Gasteiger partial charge on any atom is -0.477 e. The molecule has 2 aromatic heterocycles. The minimum absolute atomic E-state index is 0.0154. The Balaban J connectivity index is 1.60. The van der Waals surface area contributed by atoms with E-state index in [-0.39, 0.29) is 17.7 Å². The van der Waals surface area contributed by atoms with Crippen LogP contribution in [0.2, 0.25) is 0 Å². The number of carboxylic acids is 1. The molecule has 0 spiro atoms. The number of hydrogen-bond acceptors (Lipinski definition) is 6. The lowest BCUT2D eigenvalue weighted by molar-refractivity contribution is 0.0694. The largest absolute Gasteiger partial charge is 0.477 e. The summed E-state index contributed by atoms with van der Waals surface area (Å²) in [5.74, 6) is -1.64. The molecule has 3 N–H and O–H groups in total. The van der Waals surface area contributed by atoms with Crippen molar-refractivity contribution in [3.63, 3.8) is 0 Å². The number of pyridine rings is 1. The van der Waals surface area contributed by atoms with Gasteiger partial charge in [-0.25, -0.2) is 18.6 Å². The van der Waals surface area contributed by atoms with Crippen LogP contribution in [0.1, 0.15) is 46.7 Å². The fraction of sp³-hybridized carbons (Fsp3) is 0.409. The predicted octanol–water partition coefficient (Wildman–Crippen LogP) is 2.94. The summed E-state index contributed by atoms with van der Waals surface area (Å²) in [6, 6.07) is 0.0618. The van der Waals surface area contributed by atoms with E-state index in [1.54, 1.807) is 6.92 Å². The third-order valence-electron chi connectivity index (χ3n) is 6.53. The number of benzene rings is 1. The first-order valence-corrected chi connectivity index (χ1v) is 10.4. The van der Waals surface area contributed by atoms with E-state index in [2.05, 4.69) is 4.98 Å². The molecule has 0 radical (unpaired) electrons. The number of aromatic nitrogens is 2. The zero-order valence-corrected chi connectivity index (χ0v) is 17.3. The summed E-state index contributed by atoms with van der Waals surface area (Å²) in [7, 11) is 0. The number of aryl methyl sites for hydroxylation is 1. The number of hydrogen-bond donors (Lipinski definition) is 2. The highest BCUT2D eigenvalue weighted by Gasteiger charge is 2.41. The van der Waals surface area contributed by atoms with E-state index in [1.807, 2.05) is 4.90 Å². The maximum Gasteiger partial charge on any atom is 0.341 e. The summed E-state index contributed by atoms with van der Waals surface area (Å²) >= 11 is 0. The van der Waals surface area contributed by atoms with Crippen LogP contribution < -0.4 is 16.1 Å². The molecule has 4 unspecified atom stereocenters. The molecule has 1 saturated carbocycles. The standard InChI is InChI=1S/C22H22F2N4O4/c1-10-18-12(20(29)13(22(30)31)9-28(18)16-7-14(16)23)6-15(24)19(10)27-4-2-11(8-27)17(25)21-26-3-5-32-21/h3,5-6,9,11,14,16-17H,2,4,7-8,25H2,1H3,(H,30,31). The van der Waals surface area contributed by atoms with Crippen LogP contribution >= 0.6 is 0 Å². The van der Waals surface area contributed by atoms with Crippen LogP contribution in [0.15, 0.2) is 33.9 Å². The Morgan fingerprint density at radius 2 is 2.19 bits per heavy atom. The fourth-order valence-corrected chi connectivity index (χ4v) is 4.80. The number of nitrogens with two attached hydrogens (primary N) is 1. The molecule has 2 fully saturated rings. The van der Waals surface area contributed by atoms with E-state index < -0.39 is 41.0 Å². The summed E-state index contributed by atoms with van der Waals surface area (Å²) in [5, 5.41) is 9.35. The number of aromatic carboxylic acids is 1. The molecule has 8 nitrogen and oxygen atoms in total. The van der Waals surface area contributed by atoms with Gasteiger partial charge in [-0.1, -0.05) is 0 Å². The van der Waals surface area contributed by atoms with Crippen molar-refractivity contribution in [3.8, 4) is 0 Å². The SMILES string of the molecule is Cc1c(N2CCC(C(N)c3ncco3)C2)c(F)cc2c(=O)c(C(=O)O)cn(C3CC3F)c12. The topological polar surface area (TPSA) is 115 Å². The van der Waals surface area contributed by atoms with Gasteiger partial charge < -0.3 is 24.7 Å². The maximum atomic E-state index is 15.3. The lowest BCUT2D eigenvalue weighted by Gasteiger charge is -2.25. The van der Waals surface area contributed by atoms with Crippen LogP contribution in [0, 0.1) is 18.7 Å². The van der Waals surface area contributed by atoms with Gasteiger partial charge in [-0.05, 0) is 25.0 Å². The lowest BCUT2D eigenvalue weighted by Crippen LogP contribution is -2.28. The van der Waals surface area contributed by atoms with Crippen LogP contribution in [0.25, 0.3) is 10.9 Å². The van der Waals surface area contributed by atoms with Crippen molar-refractivity contribution >= 4 is 22.6 Å². The molecule has 168 valence electrons. The van der Waals surface area contributed by atoms with Crippen molar-refractivity contribution < 1.29 is 23.1 Å². The van der Waals surface area contributed by atoms with Gasteiger partial charge in [0, 0.05) is 37.0 Å². The normalized spacial score (nSPS) is 23.6. The highest BCUT2D eigenvalue weighted by Crippen LogP contribution is 2.43. The first-order valence-electron chi connectivity index (χ1n) is 10.4. The van der Waals surface area contributed by atoms with E-state index in [0.29, 0.717) is 42.2 Å². The van der Waals surface area contributed by atoms with Crippen LogP contribution in [0.3, 0.4) is 0 Å². The van der Waals surface area contributed by atoms with Gasteiger partial charge in [-0.2, -0.15) is 0 Å². The Hall–Kier alpha value is -3.27. The van der Waals surface area contributed by atoms with Gasteiger partial charge in [0.05, 0.1) is 29.5 Å². The molecule has 1 aromatic carbocycles. The van der Waals surface area contributed by atoms with Crippen molar-refractivity contribution in [2.45, 2.75) is 38.0 Å². The first kappa shape index (κ1) is 20.6.